The molecule has 0 fully saturated rings. The van der Waals surface area contributed by atoms with Crippen molar-refractivity contribution >= 4 is 35.3 Å². The number of nitro groups is 1. The van der Waals surface area contributed by atoms with E-state index in [-0.39, 0.29) is 51.1 Å². The molecule has 0 saturated heterocycles. The second-order valence-electron chi connectivity index (χ2n) is 7.07. The zero-order valence-corrected chi connectivity index (χ0v) is 19.3. The van der Waals surface area contributed by atoms with Gasteiger partial charge in [-0.1, -0.05) is 24.3 Å². The van der Waals surface area contributed by atoms with E-state index in [9.17, 15) is 24.8 Å². The number of hydrogen-bond donors (Lipinski definition) is 2. The van der Waals surface area contributed by atoms with Crippen LogP contribution in [0, 0.1) is 10.1 Å². The van der Waals surface area contributed by atoms with Gasteiger partial charge in [0.05, 0.1) is 37.7 Å². The van der Waals surface area contributed by atoms with E-state index in [4.69, 9.17) is 15.2 Å². The Morgan fingerprint density at radius 3 is 2.47 bits per heavy atom. The summed E-state index contributed by atoms with van der Waals surface area (Å²) in [4.78, 5) is 46.3. The highest BCUT2D eigenvalue weighted by atomic mass is 16.6. The molecule has 0 aliphatic rings. The van der Waals surface area contributed by atoms with E-state index in [1.807, 2.05) is 0 Å². The molecule has 0 spiro atoms. The molecule has 1 amide bonds. The van der Waals surface area contributed by atoms with Crippen molar-refractivity contribution in [1.29, 1.82) is 0 Å². The summed E-state index contributed by atoms with van der Waals surface area (Å²) in [6.45, 7) is 3.32. The number of carbonyl (C=O) groups is 2. The van der Waals surface area contributed by atoms with Crippen molar-refractivity contribution in [2.24, 2.45) is 0 Å². The number of nitrogen functional groups attached to an aromatic ring is 1. The third-order valence-corrected chi connectivity index (χ3v) is 4.57. The second kappa shape index (κ2) is 12.3. The van der Waals surface area contributed by atoms with Gasteiger partial charge in [0.1, 0.15) is 0 Å². The van der Waals surface area contributed by atoms with Gasteiger partial charge in [-0.3, -0.25) is 19.8 Å². The molecule has 0 atom stereocenters. The minimum absolute atomic E-state index is 0.0162. The Kier molecular flexibility index (Phi) is 9.49. The molecule has 0 saturated carbocycles. The molecule has 13 heteroatoms. The van der Waals surface area contributed by atoms with Crippen LogP contribution in [-0.4, -0.2) is 65.5 Å². The van der Waals surface area contributed by atoms with Crippen LogP contribution in [0.3, 0.4) is 0 Å². The quantitative estimate of drug-likeness (QED) is 0.274. The zero-order chi connectivity index (χ0) is 25.3. The van der Waals surface area contributed by atoms with Crippen LogP contribution in [-0.2, 0) is 27.2 Å². The Morgan fingerprint density at radius 2 is 1.85 bits per heavy atom. The summed E-state index contributed by atoms with van der Waals surface area (Å²) < 4.78 is 10.1. The fraction of sp³-hybridized carbons (Fsp3) is 0.429. The molecular formula is C21H28N6O7. The molecule has 0 radical (unpaired) electrons. The lowest BCUT2D eigenvalue weighted by Crippen LogP contribution is -2.34. The summed E-state index contributed by atoms with van der Waals surface area (Å²) in [5.74, 6) is -1.22. The Hall–Kier alpha value is -4.00. The molecule has 184 valence electrons. The molecule has 0 unspecified atom stereocenters. The highest BCUT2D eigenvalue weighted by molar-refractivity contribution is 5.91. The SMILES string of the molecule is CCOC(=O)Cc1cccc(CN(C(=O)OCC)c2nc(N(C)CCO)nc(N)c2[N+](=O)[O-])c1. The number of hydrogen-bond acceptors (Lipinski definition) is 11. The molecular weight excluding hydrogens is 448 g/mol. The summed E-state index contributed by atoms with van der Waals surface area (Å²) >= 11 is 0. The van der Waals surface area contributed by atoms with Gasteiger partial charge in [0.25, 0.3) is 0 Å². The highest BCUT2D eigenvalue weighted by Crippen LogP contribution is 2.34. The van der Waals surface area contributed by atoms with Gasteiger partial charge in [-0.05, 0) is 25.0 Å². The van der Waals surface area contributed by atoms with Gasteiger partial charge in [-0.25, -0.2) is 4.79 Å². The lowest BCUT2D eigenvalue weighted by Gasteiger charge is -2.23. The topological polar surface area (TPSA) is 174 Å². The first-order chi connectivity index (χ1) is 16.2. The van der Waals surface area contributed by atoms with Crippen LogP contribution in [0.25, 0.3) is 0 Å². The fourth-order valence-electron chi connectivity index (χ4n) is 3.06. The van der Waals surface area contributed by atoms with Gasteiger partial charge in [0.2, 0.25) is 17.6 Å². The van der Waals surface area contributed by atoms with E-state index in [0.717, 1.165) is 4.90 Å². The zero-order valence-electron chi connectivity index (χ0n) is 19.3. The van der Waals surface area contributed by atoms with E-state index in [1.54, 1.807) is 45.2 Å². The number of nitrogens with zero attached hydrogens (tertiary/aromatic N) is 5. The number of rotatable bonds is 11. The van der Waals surface area contributed by atoms with Gasteiger partial charge in [0.15, 0.2) is 0 Å². The minimum Gasteiger partial charge on any atom is -0.466 e. The van der Waals surface area contributed by atoms with Crippen molar-refractivity contribution in [3.63, 3.8) is 0 Å². The van der Waals surface area contributed by atoms with E-state index < -0.39 is 28.5 Å². The molecule has 2 aromatic rings. The number of aliphatic hydroxyl groups excluding tert-OH is 1. The van der Waals surface area contributed by atoms with Crippen molar-refractivity contribution in [3.05, 3.63) is 45.5 Å². The number of likely N-dealkylation sites (N-methyl/N-ethyl adjacent to an activating group) is 1. The second-order valence-corrected chi connectivity index (χ2v) is 7.07. The lowest BCUT2D eigenvalue weighted by atomic mass is 10.1. The third kappa shape index (κ3) is 6.75. The van der Waals surface area contributed by atoms with Crippen molar-refractivity contribution in [2.45, 2.75) is 26.8 Å². The molecule has 3 N–H and O–H groups in total. The van der Waals surface area contributed by atoms with Gasteiger partial charge < -0.3 is 25.2 Å². The van der Waals surface area contributed by atoms with E-state index in [1.165, 1.54) is 4.90 Å². The van der Waals surface area contributed by atoms with Crippen LogP contribution in [0.1, 0.15) is 25.0 Å². The number of carbonyl (C=O) groups excluding carboxylic acids is 2. The average Bonchev–Trinajstić information content (AvgIpc) is 2.77. The minimum atomic E-state index is -0.879. The van der Waals surface area contributed by atoms with Crippen LogP contribution in [0.5, 0.6) is 0 Å². The Balaban J connectivity index is 2.54. The molecule has 1 aromatic carbocycles. The molecule has 0 bridgehead atoms. The summed E-state index contributed by atoms with van der Waals surface area (Å²) in [5.41, 5.74) is 6.40. The maximum atomic E-state index is 12.8. The van der Waals surface area contributed by atoms with Crippen LogP contribution >= 0.6 is 0 Å². The van der Waals surface area contributed by atoms with Crippen molar-refractivity contribution in [2.75, 3.05) is 48.9 Å². The molecule has 1 heterocycles. The smallest absolute Gasteiger partial charge is 0.415 e. The normalized spacial score (nSPS) is 10.5. The van der Waals surface area contributed by atoms with Gasteiger partial charge in [-0.2, -0.15) is 9.97 Å². The molecule has 34 heavy (non-hydrogen) atoms. The number of anilines is 3. The molecule has 13 nitrogen and oxygen atoms in total. The highest BCUT2D eigenvalue weighted by Gasteiger charge is 2.32. The summed E-state index contributed by atoms with van der Waals surface area (Å²) in [6.07, 6.45) is -0.854. The molecule has 2 rings (SSSR count). The molecule has 1 aromatic heterocycles. The maximum absolute atomic E-state index is 12.8. The van der Waals surface area contributed by atoms with E-state index in [0.29, 0.717) is 11.1 Å². The predicted octanol–water partition coefficient (Wildman–Crippen LogP) is 1.66. The first kappa shape index (κ1) is 26.3. The number of esters is 1. The first-order valence-electron chi connectivity index (χ1n) is 10.5. The van der Waals surface area contributed by atoms with E-state index in [2.05, 4.69) is 9.97 Å². The number of benzene rings is 1. The van der Waals surface area contributed by atoms with Crippen LogP contribution < -0.4 is 15.5 Å². The van der Waals surface area contributed by atoms with Crippen molar-refractivity contribution < 1.29 is 29.1 Å². The number of ether oxygens (including phenoxy) is 2. The maximum Gasteiger partial charge on any atom is 0.415 e. The summed E-state index contributed by atoms with van der Waals surface area (Å²) in [6, 6.07) is 6.78. The largest absolute Gasteiger partial charge is 0.466 e. The van der Waals surface area contributed by atoms with Crippen molar-refractivity contribution in [3.8, 4) is 0 Å². The van der Waals surface area contributed by atoms with E-state index >= 15 is 0 Å². The molecule has 0 aliphatic heterocycles. The van der Waals surface area contributed by atoms with Crippen LogP contribution in [0.4, 0.5) is 28.1 Å². The number of aliphatic hydroxyl groups is 1. The molecule has 0 aliphatic carbocycles. The Morgan fingerprint density at radius 1 is 1.18 bits per heavy atom. The average molecular weight is 476 g/mol. The monoisotopic (exact) mass is 476 g/mol. The third-order valence-electron chi connectivity index (χ3n) is 4.57. The van der Waals surface area contributed by atoms with Gasteiger partial charge in [0, 0.05) is 13.6 Å². The summed E-state index contributed by atoms with van der Waals surface area (Å²) in [5, 5.41) is 21.0. The van der Waals surface area contributed by atoms with Gasteiger partial charge >= 0.3 is 17.7 Å². The van der Waals surface area contributed by atoms with Crippen LogP contribution in [0.15, 0.2) is 24.3 Å². The van der Waals surface area contributed by atoms with Gasteiger partial charge in [-0.15, -0.1) is 0 Å². The predicted molar refractivity (Wildman–Crippen MR) is 123 cm³/mol. The Bertz CT molecular complexity index is 1030. The summed E-state index contributed by atoms with van der Waals surface area (Å²) in [7, 11) is 1.56. The number of aromatic nitrogens is 2. The van der Waals surface area contributed by atoms with Crippen molar-refractivity contribution in [1.82, 2.24) is 9.97 Å². The Labute approximate surface area is 196 Å². The fourth-order valence-corrected chi connectivity index (χ4v) is 3.06. The first-order valence-corrected chi connectivity index (χ1v) is 10.5. The lowest BCUT2D eigenvalue weighted by molar-refractivity contribution is -0.383. The number of amides is 1. The standard InChI is InChI=1S/C21H28N6O7/c1-4-33-16(29)12-14-7-6-8-15(11-14)13-26(21(30)34-5-2)19-17(27(31)32)18(22)23-20(24-19)25(3)9-10-28/h6-8,11,28H,4-5,9-10,12-13H2,1-3H3,(H2,22,23,24). The van der Waals surface area contributed by atoms with Crippen LogP contribution in [0.2, 0.25) is 0 Å². The number of nitrogens with two attached hydrogens (primary N) is 1.